The number of methoxy groups -OCH3 is 1. The summed E-state index contributed by atoms with van der Waals surface area (Å²) in [5.41, 5.74) is 0.530. The van der Waals surface area contributed by atoms with Crippen LogP contribution in [0.1, 0.15) is 30.4 Å². The van der Waals surface area contributed by atoms with Crippen LogP contribution in [0.15, 0.2) is 63.8 Å². The molecule has 10 heteroatoms. The lowest BCUT2D eigenvalue weighted by Crippen LogP contribution is -2.22. The van der Waals surface area contributed by atoms with E-state index in [1.807, 2.05) is 0 Å². The van der Waals surface area contributed by atoms with E-state index in [-0.39, 0.29) is 46.6 Å². The lowest BCUT2D eigenvalue weighted by atomic mass is 9.84. The molecule has 0 spiro atoms. The Morgan fingerprint density at radius 1 is 1.05 bits per heavy atom. The van der Waals surface area contributed by atoms with E-state index in [9.17, 15) is 30.0 Å². The number of carbonyl (C=O) groups is 1. The van der Waals surface area contributed by atoms with Gasteiger partial charge in [0.2, 0.25) is 11.2 Å². The van der Waals surface area contributed by atoms with Crippen molar-refractivity contribution < 1.29 is 43.8 Å². The summed E-state index contributed by atoms with van der Waals surface area (Å²) < 4.78 is 23.0. The second-order valence-electron chi connectivity index (χ2n) is 9.18. The van der Waals surface area contributed by atoms with Gasteiger partial charge in [0.1, 0.15) is 29.1 Å². The zero-order chi connectivity index (χ0) is 28.0. The maximum Gasteiger partial charge on any atom is 0.312 e. The van der Waals surface area contributed by atoms with Gasteiger partial charge in [-0.05, 0) is 36.8 Å². The van der Waals surface area contributed by atoms with Crippen molar-refractivity contribution >= 4 is 16.9 Å². The quantitative estimate of drug-likeness (QED) is 0.119. The minimum atomic E-state index is -0.945. The molecular formula is C29H24O10. The lowest BCUT2D eigenvalue weighted by molar-refractivity contribution is -0.135. The van der Waals surface area contributed by atoms with E-state index >= 15 is 0 Å². The molecule has 0 unspecified atom stereocenters. The zero-order valence-corrected chi connectivity index (χ0v) is 21.0. The highest BCUT2D eigenvalue weighted by Gasteiger charge is 2.36. The van der Waals surface area contributed by atoms with E-state index in [1.165, 1.54) is 13.2 Å². The van der Waals surface area contributed by atoms with Crippen LogP contribution in [-0.4, -0.2) is 40.1 Å². The van der Waals surface area contributed by atoms with Crippen LogP contribution in [0.3, 0.4) is 0 Å². The van der Waals surface area contributed by atoms with Crippen LogP contribution in [0, 0.1) is 0 Å². The molecule has 4 aromatic rings. The second kappa shape index (κ2) is 9.64. The van der Waals surface area contributed by atoms with Crippen LogP contribution in [0.4, 0.5) is 0 Å². The number of rotatable bonds is 6. The van der Waals surface area contributed by atoms with E-state index in [0.717, 1.165) is 23.8 Å². The average molecular weight is 533 g/mol. The Morgan fingerprint density at radius 2 is 1.82 bits per heavy atom. The van der Waals surface area contributed by atoms with Gasteiger partial charge in [0.05, 0.1) is 13.5 Å². The van der Waals surface area contributed by atoms with E-state index in [4.69, 9.17) is 18.6 Å². The molecule has 5 rings (SSSR count). The van der Waals surface area contributed by atoms with Crippen molar-refractivity contribution in [1.29, 1.82) is 0 Å². The molecule has 0 bridgehead atoms. The number of hydrogen-bond donors (Lipinski definition) is 4. The van der Waals surface area contributed by atoms with Gasteiger partial charge in [0.15, 0.2) is 28.8 Å². The average Bonchev–Trinajstić information content (AvgIpc) is 2.89. The first-order chi connectivity index (χ1) is 18.6. The van der Waals surface area contributed by atoms with Crippen molar-refractivity contribution in [3.63, 3.8) is 0 Å². The van der Waals surface area contributed by atoms with Crippen LogP contribution in [0.2, 0.25) is 0 Å². The number of benzene rings is 3. The summed E-state index contributed by atoms with van der Waals surface area (Å²) in [6, 6.07) is 9.88. The van der Waals surface area contributed by atoms with Gasteiger partial charge < -0.3 is 39.1 Å². The van der Waals surface area contributed by atoms with Crippen LogP contribution in [0.25, 0.3) is 22.3 Å². The van der Waals surface area contributed by atoms with E-state index in [1.54, 1.807) is 25.1 Å². The van der Waals surface area contributed by atoms with Crippen molar-refractivity contribution in [2.45, 2.75) is 19.3 Å². The smallest absolute Gasteiger partial charge is 0.312 e. The minimum absolute atomic E-state index is 0.0386. The molecule has 0 aliphatic carbocycles. The van der Waals surface area contributed by atoms with Gasteiger partial charge >= 0.3 is 5.97 Å². The van der Waals surface area contributed by atoms with Gasteiger partial charge in [0.25, 0.3) is 0 Å². The van der Waals surface area contributed by atoms with Crippen molar-refractivity contribution in [2.75, 3.05) is 13.7 Å². The minimum Gasteiger partial charge on any atom is -0.507 e. The lowest BCUT2D eigenvalue weighted by Gasteiger charge is -2.28. The summed E-state index contributed by atoms with van der Waals surface area (Å²) in [7, 11) is 1.48. The topological polar surface area (TPSA) is 156 Å². The van der Waals surface area contributed by atoms with Gasteiger partial charge in [0, 0.05) is 28.7 Å². The Morgan fingerprint density at radius 3 is 2.51 bits per heavy atom. The van der Waals surface area contributed by atoms with Gasteiger partial charge in [-0.1, -0.05) is 18.7 Å². The standard InChI is InChI=1S/C29H24O10/c1-13(2)12-37-28-15(5-4-6-20(28)36-3)16-10-22(33)38-21-11-19(32)24-25(34)26(35)27(39-29(24)23(16)21)14-7-8-17(30)18(31)9-14/h4-9,11,16,30-32,35H,1,10,12H2,2-3H3/t16-/m1/s1. The third kappa shape index (κ3) is 4.35. The fourth-order valence-corrected chi connectivity index (χ4v) is 4.63. The van der Waals surface area contributed by atoms with Crippen LogP contribution >= 0.6 is 0 Å². The number of hydrogen-bond acceptors (Lipinski definition) is 10. The number of para-hydroxylation sites is 1. The van der Waals surface area contributed by atoms with Crippen LogP contribution in [-0.2, 0) is 4.79 Å². The molecule has 1 aromatic heterocycles. The van der Waals surface area contributed by atoms with E-state index < -0.39 is 40.3 Å². The van der Waals surface area contributed by atoms with Crippen molar-refractivity contribution in [1.82, 2.24) is 0 Å². The molecule has 2 heterocycles. The van der Waals surface area contributed by atoms with Gasteiger partial charge in [-0.25, -0.2) is 0 Å². The number of carbonyl (C=O) groups excluding carboxylic acids is 1. The first-order valence-electron chi connectivity index (χ1n) is 11.8. The van der Waals surface area contributed by atoms with E-state index in [2.05, 4.69) is 6.58 Å². The van der Waals surface area contributed by atoms with Crippen molar-refractivity contribution in [3.8, 4) is 51.6 Å². The molecule has 0 fully saturated rings. The highest BCUT2D eigenvalue weighted by Crippen LogP contribution is 2.50. The van der Waals surface area contributed by atoms with Crippen LogP contribution in [0.5, 0.6) is 40.2 Å². The molecule has 0 radical (unpaired) electrons. The number of phenolic OH excluding ortho intramolecular Hbond substituents is 3. The molecule has 0 saturated heterocycles. The molecule has 10 nitrogen and oxygen atoms in total. The molecule has 200 valence electrons. The molecule has 3 aromatic carbocycles. The SMILES string of the molecule is C=C(C)COc1c(OC)cccc1[C@H]1CC(=O)Oc2cc(O)c3c(=O)c(O)c(-c4ccc(O)c(O)c4)oc3c21. The zero-order valence-electron chi connectivity index (χ0n) is 21.0. The third-order valence-corrected chi connectivity index (χ3v) is 6.37. The maximum atomic E-state index is 13.3. The Hall–Kier alpha value is -5.12. The number of ether oxygens (including phenoxy) is 3. The molecule has 39 heavy (non-hydrogen) atoms. The molecular weight excluding hydrogens is 508 g/mol. The normalized spacial score (nSPS) is 14.5. The molecule has 0 amide bonds. The van der Waals surface area contributed by atoms with Crippen molar-refractivity contribution in [3.05, 3.63) is 76.0 Å². The molecule has 1 atom stereocenters. The first kappa shape index (κ1) is 25.5. The summed E-state index contributed by atoms with van der Waals surface area (Å²) in [5.74, 6) is -3.28. The first-order valence-corrected chi connectivity index (χ1v) is 11.8. The summed E-state index contributed by atoms with van der Waals surface area (Å²) >= 11 is 0. The maximum absolute atomic E-state index is 13.3. The Balaban J connectivity index is 1.83. The number of fused-ring (bicyclic) bond motifs is 3. The number of phenols is 3. The Labute approximate surface area is 221 Å². The highest BCUT2D eigenvalue weighted by molar-refractivity contribution is 5.94. The monoisotopic (exact) mass is 532 g/mol. The summed E-state index contributed by atoms with van der Waals surface area (Å²) in [6.45, 7) is 5.83. The summed E-state index contributed by atoms with van der Waals surface area (Å²) in [4.78, 5) is 26.0. The number of esters is 1. The number of aromatic hydroxyl groups is 4. The predicted molar refractivity (Wildman–Crippen MR) is 140 cm³/mol. The highest BCUT2D eigenvalue weighted by atomic mass is 16.5. The molecule has 0 saturated carbocycles. The molecule has 4 N–H and O–H groups in total. The largest absolute Gasteiger partial charge is 0.507 e. The molecule has 1 aliphatic heterocycles. The van der Waals surface area contributed by atoms with E-state index in [0.29, 0.717) is 17.1 Å². The summed E-state index contributed by atoms with van der Waals surface area (Å²) in [5, 5.41) is 40.8. The molecule has 1 aliphatic rings. The van der Waals surface area contributed by atoms with Crippen molar-refractivity contribution in [2.24, 2.45) is 0 Å². The summed E-state index contributed by atoms with van der Waals surface area (Å²) in [6.07, 6.45) is -0.163. The fraction of sp³-hybridized carbons (Fsp3) is 0.172. The predicted octanol–water partition coefficient (Wildman–Crippen LogP) is 4.69. The van der Waals surface area contributed by atoms with Gasteiger partial charge in [-0.15, -0.1) is 0 Å². The van der Waals surface area contributed by atoms with Gasteiger partial charge in [-0.2, -0.15) is 0 Å². The third-order valence-electron chi connectivity index (χ3n) is 6.37. The fourth-order valence-electron chi connectivity index (χ4n) is 4.63. The second-order valence-corrected chi connectivity index (χ2v) is 9.18. The Bertz CT molecular complexity index is 1720. The van der Waals surface area contributed by atoms with Crippen LogP contribution < -0.4 is 19.6 Å². The van der Waals surface area contributed by atoms with Gasteiger partial charge in [-0.3, -0.25) is 9.59 Å². The Kier molecular flexibility index (Phi) is 6.31.